The Balaban J connectivity index is 2.27. The molecule has 0 radical (unpaired) electrons. The zero-order valence-electron chi connectivity index (χ0n) is 9.63. The van der Waals surface area contributed by atoms with E-state index in [1.54, 1.807) is 17.1 Å². The van der Waals surface area contributed by atoms with E-state index in [1.165, 1.54) is 16.2 Å². The summed E-state index contributed by atoms with van der Waals surface area (Å²) in [5.74, 6) is -0.615. The molecule has 1 aliphatic heterocycles. The van der Waals surface area contributed by atoms with Crippen molar-refractivity contribution in [1.29, 1.82) is 0 Å². The van der Waals surface area contributed by atoms with E-state index in [2.05, 4.69) is 22.6 Å². The van der Waals surface area contributed by atoms with Crippen LogP contribution in [0.25, 0.3) is 0 Å². The van der Waals surface area contributed by atoms with Gasteiger partial charge < -0.3 is 10.0 Å². The minimum Gasteiger partial charge on any atom is -0.480 e. The Hall–Kier alpha value is -0.280. The van der Waals surface area contributed by atoms with Crippen LogP contribution in [-0.4, -0.2) is 39.1 Å². The molecule has 1 aliphatic rings. The zero-order chi connectivity index (χ0) is 13.3. The van der Waals surface area contributed by atoms with Crippen LogP contribution in [-0.2, 0) is 4.79 Å². The molecule has 18 heavy (non-hydrogen) atoms. The van der Waals surface area contributed by atoms with Crippen LogP contribution < -0.4 is 0 Å². The average molecular weight is 397 g/mol. The van der Waals surface area contributed by atoms with Crippen LogP contribution in [0, 0.1) is 2.88 Å². The van der Waals surface area contributed by atoms with Gasteiger partial charge in [0.25, 0.3) is 5.91 Å². The van der Waals surface area contributed by atoms with Gasteiger partial charge in [-0.05, 0) is 35.1 Å². The summed E-state index contributed by atoms with van der Waals surface area (Å²) in [7, 11) is 0. The van der Waals surface area contributed by atoms with E-state index in [-0.39, 0.29) is 11.3 Å². The number of halogens is 1. The molecule has 1 N–H and O–H groups in total. The van der Waals surface area contributed by atoms with Crippen molar-refractivity contribution in [2.75, 3.05) is 5.75 Å². The summed E-state index contributed by atoms with van der Waals surface area (Å²) in [5, 5.41) is 11.0. The number of amides is 1. The molecule has 1 fully saturated rings. The first kappa shape index (κ1) is 14.1. The van der Waals surface area contributed by atoms with Crippen molar-refractivity contribution in [3.05, 3.63) is 19.9 Å². The fourth-order valence-electron chi connectivity index (χ4n) is 1.91. The molecule has 0 saturated carbocycles. The van der Waals surface area contributed by atoms with Gasteiger partial charge in [0.05, 0.1) is 13.8 Å². The maximum atomic E-state index is 12.4. The number of thioether (sulfide) groups is 1. The van der Waals surface area contributed by atoms with Crippen LogP contribution >= 0.6 is 45.7 Å². The van der Waals surface area contributed by atoms with E-state index in [4.69, 9.17) is 0 Å². The molecule has 4 nitrogen and oxygen atoms in total. The number of nitrogens with zero attached hydrogens (tertiary/aromatic N) is 1. The van der Waals surface area contributed by atoms with Crippen molar-refractivity contribution in [2.45, 2.75) is 24.8 Å². The van der Waals surface area contributed by atoms with Crippen LogP contribution in [0.2, 0.25) is 0 Å². The van der Waals surface area contributed by atoms with Crippen LogP contribution in [0.1, 0.15) is 23.7 Å². The lowest BCUT2D eigenvalue weighted by Gasteiger charge is -2.26. The van der Waals surface area contributed by atoms with E-state index in [9.17, 15) is 14.7 Å². The molecule has 1 saturated heterocycles. The lowest BCUT2D eigenvalue weighted by molar-refractivity contribution is -0.141. The largest absolute Gasteiger partial charge is 0.480 e. The first-order valence-electron chi connectivity index (χ1n) is 5.45. The summed E-state index contributed by atoms with van der Waals surface area (Å²) in [6.07, 6.45) is 0.765. The van der Waals surface area contributed by atoms with Gasteiger partial charge in [-0.15, -0.1) is 23.1 Å². The second kappa shape index (κ2) is 5.79. The van der Waals surface area contributed by atoms with Crippen molar-refractivity contribution in [3.8, 4) is 0 Å². The van der Waals surface area contributed by atoms with Gasteiger partial charge in [-0.3, -0.25) is 4.79 Å². The number of carboxylic acid groups (broad SMARTS) is 1. The normalized spacial score (nSPS) is 23.3. The Morgan fingerprint density at radius 1 is 1.61 bits per heavy atom. The number of hydrogen-bond donors (Lipinski definition) is 1. The number of thiophene rings is 1. The smallest absolute Gasteiger partial charge is 0.327 e. The highest BCUT2D eigenvalue weighted by molar-refractivity contribution is 14.1. The molecule has 7 heteroatoms. The van der Waals surface area contributed by atoms with Gasteiger partial charge >= 0.3 is 5.97 Å². The molecule has 2 heterocycles. The van der Waals surface area contributed by atoms with Crippen molar-refractivity contribution in [3.63, 3.8) is 0 Å². The molecule has 1 amide bonds. The van der Waals surface area contributed by atoms with Gasteiger partial charge in [-0.1, -0.05) is 6.92 Å². The molecular weight excluding hydrogens is 385 g/mol. The third-order valence-corrected chi connectivity index (χ3v) is 6.02. The molecule has 2 atom stereocenters. The fraction of sp³-hybridized carbons (Fsp3) is 0.455. The summed E-state index contributed by atoms with van der Waals surface area (Å²) < 4.78 is 1.03. The van der Waals surface area contributed by atoms with E-state index in [0.29, 0.717) is 11.3 Å². The van der Waals surface area contributed by atoms with Crippen LogP contribution in [0.4, 0.5) is 0 Å². The number of carboxylic acids is 1. The van der Waals surface area contributed by atoms with E-state index in [0.717, 1.165) is 9.30 Å². The highest BCUT2D eigenvalue weighted by atomic mass is 127. The molecule has 2 rings (SSSR count). The summed E-state index contributed by atoms with van der Waals surface area (Å²) in [5.41, 5.74) is 0.594. The number of carbonyl (C=O) groups is 2. The number of carbonyl (C=O) groups excluding carboxylic acids is 1. The van der Waals surface area contributed by atoms with E-state index >= 15 is 0 Å². The van der Waals surface area contributed by atoms with Crippen LogP contribution in [0.3, 0.4) is 0 Å². The highest BCUT2D eigenvalue weighted by Gasteiger charge is 2.41. The van der Waals surface area contributed by atoms with Crippen LogP contribution in [0.5, 0.6) is 0 Å². The van der Waals surface area contributed by atoms with Gasteiger partial charge in [0.15, 0.2) is 0 Å². The van der Waals surface area contributed by atoms with Crippen molar-refractivity contribution in [2.24, 2.45) is 0 Å². The Bertz CT molecular complexity index is 477. The quantitative estimate of drug-likeness (QED) is 0.798. The van der Waals surface area contributed by atoms with Crippen LogP contribution in [0.15, 0.2) is 11.4 Å². The lowest BCUT2D eigenvalue weighted by Crippen LogP contribution is -2.45. The Morgan fingerprint density at radius 2 is 2.33 bits per heavy atom. The summed E-state index contributed by atoms with van der Waals surface area (Å²) >= 11 is 5.19. The summed E-state index contributed by atoms with van der Waals surface area (Å²) in [6, 6.07) is 1.10. The maximum absolute atomic E-state index is 12.4. The molecular formula is C11H12INO3S2. The first-order valence-corrected chi connectivity index (χ1v) is 8.46. The number of hydrogen-bond acceptors (Lipinski definition) is 4. The summed E-state index contributed by atoms with van der Waals surface area (Å²) in [6.45, 7) is 1.97. The number of rotatable bonds is 3. The molecule has 1 aromatic heterocycles. The summed E-state index contributed by atoms with van der Waals surface area (Å²) in [4.78, 5) is 25.1. The maximum Gasteiger partial charge on any atom is 0.327 e. The molecule has 2 unspecified atom stereocenters. The lowest BCUT2D eigenvalue weighted by atomic mass is 10.2. The topological polar surface area (TPSA) is 57.6 Å². The first-order chi connectivity index (χ1) is 8.54. The Labute approximate surface area is 127 Å². The standard InChI is InChI=1S/C11H12INO3S2/c1-2-9-13(7(5-18-9)11(15)16)10(14)6-3-8(12)17-4-6/h3-4,7,9H,2,5H2,1H3,(H,15,16). The highest BCUT2D eigenvalue weighted by Crippen LogP contribution is 2.33. The third kappa shape index (κ3) is 2.67. The monoisotopic (exact) mass is 397 g/mol. The van der Waals surface area contributed by atoms with Gasteiger partial charge in [0.1, 0.15) is 6.04 Å². The minimum absolute atomic E-state index is 0.0313. The molecule has 98 valence electrons. The molecule has 1 aromatic rings. The van der Waals surface area contributed by atoms with Gasteiger partial charge in [-0.25, -0.2) is 4.79 Å². The molecule has 0 spiro atoms. The molecule has 0 aromatic carbocycles. The second-order valence-electron chi connectivity index (χ2n) is 3.90. The van der Waals surface area contributed by atoms with Crippen molar-refractivity contribution >= 4 is 57.6 Å². The van der Waals surface area contributed by atoms with E-state index in [1.807, 2.05) is 13.0 Å². The number of aliphatic carboxylic acids is 1. The Kier molecular flexibility index (Phi) is 4.54. The predicted octanol–water partition coefficient (Wildman–Crippen LogP) is 2.73. The second-order valence-corrected chi connectivity index (χ2v) is 7.92. The fourth-order valence-corrected chi connectivity index (χ4v) is 4.58. The minimum atomic E-state index is -0.920. The third-order valence-electron chi connectivity index (χ3n) is 2.78. The van der Waals surface area contributed by atoms with Gasteiger partial charge in [0.2, 0.25) is 0 Å². The zero-order valence-corrected chi connectivity index (χ0v) is 13.4. The van der Waals surface area contributed by atoms with E-state index < -0.39 is 12.0 Å². The van der Waals surface area contributed by atoms with Crippen molar-refractivity contribution < 1.29 is 14.7 Å². The predicted molar refractivity (Wildman–Crippen MR) is 81.2 cm³/mol. The average Bonchev–Trinajstić information content (AvgIpc) is 2.93. The molecule has 0 bridgehead atoms. The molecule has 0 aliphatic carbocycles. The SMILES string of the molecule is CCC1SCC(C(=O)O)N1C(=O)c1csc(I)c1. The Morgan fingerprint density at radius 3 is 2.83 bits per heavy atom. The van der Waals surface area contributed by atoms with Crippen molar-refractivity contribution in [1.82, 2.24) is 4.90 Å². The van der Waals surface area contributed by atoms with Gasteiger partial charge in [-0.2, -0.15) is 0 Å². The van der Waals surface area contributed by atoms with Gasteiger partial charge in [0, 0.05) is 11.1 Å².